The Labute approximate surface area is 146 Å². The molecule has 7 heteroatoms. The van der Waals surface area contributed by atoms with Crippen LogP contribution in [0.3, 0.4) is 0 Å². The van der Waals surface area contributed by atoms with E-state index in [4.69, 9.17) is 4.74 Å². The molecule has 0 saturated carbocycles. The third kappa shape index (κ3) is 4.95. The molecule has 1 aliphatic heterocycles. The molecule has 3 rings (SSSR count). The number of hydrogen-bond donors (Lipinski definition) is 1. The average molecular weight is 346 g/mol. The lowest BCUT2D eigenvalue weighted by molar-refractivity contribution is 0.175. The van der Waals surface area contributed by atoms with E-state index in [0.717, 1.165) is 32.5 Å². The fourth-order valence-electron chi connectivity index (χ4n) is 3.01. The van der Waals surface area contributed by atoms with Gasteiger partial charge in [-0.1, -0.05) is 6.07 Å². The molecule has 1 aromatic heterocycles. The second kappa shape index (κ2) is 8.50. The summed E-state index contributed by atoms with van der Waals surface area (Å²) in [5.74, 6) is 1.09. The number of likely N-dealkylation sites (tertiary alicyclic amines) is 1. The van der Waals surface area contributed by atoms with Crippen LogP contribution in [0.1, 0.15) is 12.8 Å². The first kappa shape index (κ1) is 17.3. The molecular weight excluding hydrogens is 323 g/mol. The Balaban J connectivity index is 1.47. The molecule has 0 atom stereocenters. The molecule has 6 nitrogen and oxygen atoms in total. The molecular formula is C18H23FN4O2. The average Bonchev–Trinajstić information content (AvgIpc) is 3.14. The lowest BCUT2D eigenvalue weighted by Gasteiger charge is -2.32. The first-order chi connectivity index (χ1) is 12.2. The molecule has 1 saturated heterocycles. The monoisotopic (exact) mass is 346 g/mol. The SMILES string of the molecule is O=C(Nc1cccc(OCCF)c1)N1CCC(Cn2cccn2)CC1. The third-order valence-electron chi connectivity index (χ3n) is 4.34. The Morgan fingerprint density at radius 2 is 2.16 bits per heavy atom. The van der Waals surface area contributed by atoms with Crippen LogP contribution in [-0.4, -0.2) is 47.1 Å². The number of alkyl halides is 1. The van der Waals surface area contributed by atoms with Gasteiger partial charge in [0, 0.05) is 43.8 Å². The van der Waals surface area contributed by atoms with E-state index in [2.05, 4.69) is 10.4 Å². The van der Waals surface area contributed by atoms with Gasteiger partial charge in [-0.05, 0) is 37.0 Å². The van der Waals surface area contributed by atoms with E-state index in [0.29, 0.717) is 17.4 Å². The third-order valence-corrected chi connectivity index (χ3v) is 4.34. The molecule has 0 spiro atoms. The highest BCUT2D eigenvalue weighted by atomic mass is 19.1. The van der Waals surface area contributed by atoms with Gasteiger partial charge in [0.05, 0.1) is 0 Å². The minimum Gasteiger partial charge on any atom is -0.491 e. The second-order valence-electron chi connectivity index (χ2n) is 6.15. The summed E-state index contributed by atoms with van der Waals surface area (Å²) in [6, 6.07) is 8.84. The summed E-state index contributed by atoms with van der Waals surface area (Å²) in [5, 5.41) is 7.12. The number of ether oxygens (including phenoxy) is 1. The molecule has 1 aliphatic rings. The lowest BCUT2D eigenvalue weighted by atomic mass is 9.97. The first-order valence-electron chi connectivity index (χ1n) is 8.57. The van der Waals surface area contributed by atoms with Crippen LogP contribution in [0.4, 0.5) is 14.9 Å². The molecule has 25 heavy (non-hydrogen) atoms. The maximum Gasteiger partial charge on any atom is 0.321 e. The summed E-state index contributed by atoms with van der Waals surface area (Å²) < 4.78 is 19.4. The van der Waals surface area contributed by atoms with Gasteiger partial charge in [-0.3, -0.25) is 4.68 Å². The quantitative estimate of drug-likeness (QED) is 0.874. The number of carbonyl (C=O) groups is 1. The van der Waals surface area contributed by atoms with E-state index in [9.17, 15) is 9.18 Å². The molecule has 2 amide bonds. The van der Waals surface area contributed by atoms with E-state index in [1.807, 2.05) is 21.8 Å². The number of piperidine rings is 1. The summed E-state index contributed by atoms with van der Waals surface area (Å²) in [6.45, 7) is 1.84. The maximum atomic E-state index is 12.4. The van der Waals surface area contributed by atoms with E-state index in [1.165, 1.54) is 0 Å². The Morgan fingerprint density at radius 1 is 1.32 bits per heavy atom. The van der Waals surface area contributed by atoms with Crippen LogP contribution < -0.4 is 10.1 Å². The fourth-order valence-corrected chi connectivity index (χ4v) is 3.01. The molecule has 1 fully saturated rings. The van der Waals surface area contributed by atoms with Crippen molar-refractivity contribution in [1.29, 1.82) is 0 Å². The number of aromatic nitrogens is 2. The van der Waals surface area contributed by atoms with Gasteiger partial charge in [0.2, 0.25) is 0 Å². The highest BCUT2D eigenvalue weighted by Crippen LogP contribution is 2.21. The number of amides is 2. The number of carbonyl (C=O) groups excluding carboxylic acids is 1. The van der Waals surface area contributed by atoms with Crippen LogP contribution in [0.15, 0.2) is 42.7 Å². The molecule has 134 valence electrons. The van der Waals surface area contributed by atoms with Crippen molar-refractivity contribution in [2.24, 2.45) is 5.92 Å². The van der Waals surface area contributed by atoms with Crippen molar-refractivity contribution in [2.45, 2.75) is 19.4 Å². The second-order valence-corrected chi connectivity index (χ2v) is 6.15. The summed E-state index contributed by atoms with van der Waals surface area (Å²) in [6.07, 6.45) is 5.69. The number of benzene rings is 1. The number of nitrogens with zero attached hydrogens (tertiary/aromatic N) is 3. The lowest BCUT2D eigenvalue weighted by Crippen LogP contribution is -2.41. The van der Waals surface area contributed by atoms with E-state index in [-0.39, 0.29) is 12.6 Å². The standard InChI is InChI=1S/C18H23FN4O2/c19-7-12-25-17-4-1-3-16(13-17)21-18(24)22-10-5-15(6-11-22)14-23-9-2-8-20-23/h1-4,8-9,13,15H,5-7,10-12,14H2,(H,21,24). The summed E-state index contributed by atoms with van der Waals surface area (Å²) in [7, 11) is 0. The van der Waals surface area contributed by atoms with Crippen LogP contribution in [0.5, 0.6) is 5.75 Å². The molecule has 0 unspecified atom stereocenters. The van der Waals surface area contributed by atoms with Gasteiger partial charge in [0.15, 0.2) is 0 Å². The molecule has 2 aromatic rings. The molecule has 0 bridgehead atoms. The van der Waals surface area contributed by atoms with Crippen LogP contribution in [0.25, 0.3) is 0 Å². The van der Waals surface area contributed by atoms with Crippen molar-refractivity contribution in [2.75, 3.05) is 31.7 Å². The predicted molar refractivity (Wildman–Crippen MR) is 93.5 cm³/mol. The summed E-state index contributed by atoms with van der Waals surface area (Å²) >= 11 is 0. The maximum absolute atomic E-state index is 12.4. The predicted octanol–water partition coefficient (Wildman–Crippen LogP) is 3.18. The smallest absolute Gasteiger partial charge is 0.321 e. The summed E-state index contributed by atoms with van der Waals surface area (Å²) in [5.41, 5.74) is 0.653. The van der Waals surface area contributed by atoms with E-state index in [1.54, 1.807) is 30.5 Å². The van der Waals surface area contributed by atoms with Crippen LogP contribution in [0.2, 0.25) is 0 Å². The van der Waals surface area contributed by atoms with Crippen molar-refractivity contribution in [3.05, 3.63) is 42.7 Å². The zero-order chi connectivity index (χ0) is 17.5. The zero-order valence-corrected chi connectivity index (χ0v) is 14.1. The van der Waals surface area contributed by atoms with Crippen molar-refractivity contribution in [1.82, 2.24) is 14.7 Å². The number of hydrogen-bond acceptors (Lipinski definition) is 3. The van der Waals surface area contributed by atoms with Crippen molar-refractivity contribution in [3.8, 4) is 5.75 Å². The molecule has 0 radical (unpaired) electrons. The number of nitrogens with one attached hydrogen (secondary N) is 1. The largest absolute Gasteiger partial charge is 0.491 e. The van der Waals surface area contributed by atoms with E-state index < -0.39 is 6.67 Å². The van der Waals surface area contributed by atoms with Crippen molar-refractivity contribution >= 4 is 11.7 Å². The van der Waals surface area contributed by atoms with Crippen LogP contribution in [0, 0.1) is 5.92 Å². The highest BCUT2D eigenvalue weighted by Gasteiger charge is 2.23. The molecule has 1 N–H and O–H groups in total. The van der Waals surface area contributed by atoms with Crippen molar-refractivity contribution < 1.29 is 13.9 Å². The summed E-state index contributed by atoms with van der Waals surface area (Å²) in [4.78, 5) is 14.2. The van der Waals surface area contributed by atoms with Gasteiger partial charge in [-0.25, -0.2) is 9.18 Å². The fraction of sp³-hybridized carbons (Fsp3) is 0.444. The molecule has 2 heterocycles. The minimum absolute atomic E-state index is 0.0150. The van der Waals surface area contributed by atoms with Crippen molar-refractivity contribution in [3.63, 3.8) is 0 Å². The molecule has 1 aromatic carbocycles. The van der Waals surface area contributed by atoms with Crippen LogP contribution >= 0.6 is 0 Å². The Kier molecular flexibility index (Phi) is 5.87. The van der Waals surface area contributed by atoms with Gasteiger partial charge < -0.3 is 15.0 Å². The highest BCUT2D eigenvalue weighted by molar-refractivity contribution is 5.89. The zero-order valence-electron chi connectivity index (χ0n) is 14.1. The molecule has 0 aliphatic carbocycles. The number of halogens is 1. The van der Waals surface area contributed by atoms with Gasteiger partial charge >= 0.3 is 6.03 Å². The first-order valence-corrected chi connectivity index (χ1v) is 8.57. The Bertz CT molecular complexity index is 669. The van der Waals surface area contributed by atoms with Crippen LogP contribution in [-0.2, 0) is 6.54 Å². The topological polar surface area (TPSA) is 59.4 Å². The van der Waals surface area contributed by atoms with Gasteiger partial charge in [0.1, 0.15) is 19.0 Å². The van der Waals surface area contributed by atoms with E-state index >= 15 is 0 Å². The number of urea groups is 1. The Hall–Kier alpha value is -2.57. The number of anilines is 1. The van der Waals surface area contributed by atoms with Gasteiger partial charge in [0.25, 0.3) is 0 Å². The van der Waals surface area contributed by atoms with Gasteiger partial charge in [-0.2, -0.15) is 5.10 Å². The Morgan fingerprint density at radius 3 is 2.88 bits per heavy atom. The normalized spacial score (nSPS) is 15.2. The minimum atomic E-state index is -0.538. The van der Waals surface area contributed by atoms with Gasteiger partial charge in [-0.15, -0.1) is 0 Å². The number of rotatable bonds is 6.